The maximum absolute atomic E-state index is 11.5. The molecule has 0 N–H and O–H groups in total. The fourth-order valence-electron chi connectivity index (χ4n) is 4.00. The summed E-state index contributed by atoms with van der Waals surface area (Å²) in [5.74, 6) is 2.35. The molecule has 5 rings (SSSR count). The zero-order chi connectivity index (χ0) is 25.6. The van der Waals surface area contributed by atoms with Gasteiger partial charge in [0.15, 0.2) is 17.8 Å². The van der Waals surface area contributed by atoms with Gasteiger partial charge in [0.2, 0.25) is 0 Å². The highest BCUT2D eigenvalue weighted by atomic mass is 35.5. The van der Waals surface area contributed by atoms with Gasteiger partial charge in [0.05, 0.1) is 22.2 Å². The van der Waals surface area contributed by atoms with Crippen molar-refractivity contribution in [1.82, 2.24) is 0 Å². The molecule has 1 heterocycles. The molecule has 4 aromatic carbocycles. The summed E-state index contributed by atoms with van der Waals surface area (Å²) in [6.45, 7) is 1.48. The molecule has 1 aliphatic heterocycles. The molecule has 0 unspecified atom stereocenters. The minimum absolute atomic E-state index is 0.212. The molecule has 0 fully saturated rings. The van der Waals surface area contributed by atoms with Crippen LogP contribution in [0.2, 0.25) is 5.02 Å². The highest BCUT2D eigenvalue weighted by molar-refractivity contribution is 6.34. The second-order valence-electron chi connectivity index (χ2n) is 8.34. The van der Waals surface area contributed by atoms with Gasteiger partial charge in [-0.15, -0.1) is 0 Å². The highest BCUT2D eigenvalue weighted by Gasteiger charge is 2.15. The van der Waals surface area contributed by atoms with Crippen molar-refractivity contribution >= 4 is 17.9 Å². The van der Waals surface area contributed by atoms with Gasteiger partial charge in [-0.2, -0.15) is 5.26 Å². The number of ether oxygens (including phenoxy) is 4. The van der Waals surface area contributed by atoms with E-state index in [4.69, 9.17) is 35.8 Å². The molecule has 0 saturated heterocycles. The van der Waals surface area contributed by atoms with E-state index in [1.165, 1.54) is 0 Å². The van der Waals surface area contributed by atoms with Crippen molar-refractivity contribution in [1.29, 1.82) is 5.26 Å². The SMILES string of the molecule is N#Cc1cccc(COc2cc(OCc3cccc(-c4ccc5c(c4)OCCO5)c3Cl)ccc2C=O)c1. The monoisotopic (exact) mass is 511 g/mol. The summed E-state index contributed by atoms with van der Waals surface area (Å²) in [7, 11) is 0. The molecular weight excluding hydrogens is 490 g/mol. The molecule has 0 bridgehead atoms. The van der Waals surface area contributed by atoms with Gasteiger partial charge in [-0.05, 0) is 47.5 Å². The molecule has 4 aromatic rings. The first kappa shape index (κ1) is 24.2. The lowest BCUT2D eigenvalue weighted by Crippen LogP contribution is -2.15. The van der Waals surface area contributed by atoms with Crippen molar-refractivity contribution in [3.63, 3.8) is 0 Å². The summed E-state index contributed by atoms with van der Waals surface area (Å²) in [4.78, 5) is 11.5. The van der Waals surface area contributed by atoms with Crippen molar-refractivity contribution in [2.45, 2.75) is 13.2 Å². The van der Waals surface area contributed by atoms with Crippen LogP contribution in [0, 0.1) is 11.3 Å². The molecule has 0 saturated carbocycles. The number of benzene rings is 4. The summed E-state index contributed by atoms with van der Waals surface area (Å²) in [6, 6.07) is 25.8. The maximum Gasteiger partial charge on any atom is 0.161 e. The van der Waals surface area contributed by atoms with Crippen molar-refractivity contribution in [2.75, 3.05) is 13.2 Å². The van der Waals surface area contributed by atoms with E-state index < -0.39 is 0 Å². The molecule has 0 aliphatic carbocycles. The van der Waals surface area contributed by atoms with Crippen molar-refractivity contribution in [3.8, 4) is 40.2 Å². The normalized spacial score (nSPS) is 11.9. The number of carbonyl (C=O) groups excluding carboxylic acids is 1. The molecule has 0 atom stereocenters. The summed E-state index contributed by atoms with van der Waals surface area (Å²) in [5, 5.41) is 9.67. The Balaban J connectivity index is 1.31. The first-order valence-corrected chi connectivity index (χ1v) is 12.0. The smallest absolute Gasteiger partial charge is 0.161 e. The Morgan fingerprint density at radius 1 is 0.892 bits per heavy atom. The average Bonchev–Trinajstić information content (AvgIpc) is 2.95. The minimum atomic E-state index is 0.212. The van der Waals surface area contributed by atoms with E-state index in [2.05, 4.69) is 6.07 Å². The van der Waals surface area contributed by atoms with Crippen LogP contribution in [0.3, 0.4) is 0 Å². The fraction of sp³-hybridized carbons (Fsp3) is 0.133. The van der Waals surface area contributed by atoms with Crippen LogP contribution in [-0.2, 0) is 13.2 Å². The third-order valence-electron chi connectivity index (χ3n) is 5.89. The molecule has 184 valence electrons. The molecule has 0 radical (unpaired) electrons. The largest absolute Gasteiger partial charge is 0.489 e. The number of nitriles is 1. The number of carbonyl (C=O) groups is 1. The lowest BCUT2D eigenvalue weighted by Gasteiger charge is -2.19. The van der Waals surface area contributed by atoms with Crippen molar-refractivity contribution in [3.05, 3.63) is 106 Å². The number of fused-ring (bicyclic) bond motifs is 1. The van der Waals surface area contributed by atoms with Gasteiger partial charge in [-0.1, -0.05) is 48.0 Å². The Hall–Kier alpha value is -4.47. The van der Waals surface area contributed by atoms with Gasteiger partial charge in [0.1, 0.15) is 37.9 Å². The Kier molecular flexibility index (Phi) is 7.25. The molecule has 7 heteroatoms. The third-order valence-corrected chi connectivity index (χ3v) is 6.33. The Bertz CT molecular complexity index is 1490. The number of hydrogen-bond acceptors (Lipinski definition) is 6. The Labute approximate surface area is 219 Å². The van der Waals surface area contributed by atoms with E-state index in [0.29, 0.717) is 46.6 Å². The van der Waals surface area contributed by atoms with Crippen LogP contribution < -0.4 is 18.9 Å². The fourth-order valence-corrected chi connectivity index (χ4v) is 4.29. The van der Waals surface area contributed by atoms with Crippen LogP contribution in [0.4, 0.5) is 0 Å². The zero-order valence-corrected chi connectivity index (χ0v) is 20.5. The van der Waals surface area contributed by atoms with Crippen molar-refractivity contribution in [2.24, 2.45) is 0 Å². The van der Waals surface area contributed by atoms with Crippen LogP contribution in [-0.4, -0.2) is 19.5 Å². The number of aldehydes is 1. The molecule has 6 nitrogen and oxygen atoms in total. The molecule has 0 spiro atoms. The zero-order valence-electron chi connectivity index (χ0n) is 19.8. The molecule has 0 amide bonds. The number of hydrogen-bond donors (Lipinski definition) is 0. The van der Waals surface area contributed by atoms with Crippen molar-refractivity contribution < 1.29 is 23.7 Å². The summed E-state index contributed by atoms with van der Waals surface area (Å²) in [6.07, 6.45) is 0.735. The lowest BCUT2D eigenvalue weighted by atomic mass is 10.0. The van der Waals surface area contributed by atoms with Gasteiger partial charge < -0.3 is 18.9 Å². The van der Waals surface area contributed by atoms with Gasteiger partial charge >= 0.3 is 0 Å². The predicted octanol–water partition coefficient (Wildman–Crippen LogP) is 6.62. The first-order valence-electron chi connectivity index (χ1n) is 11.7. The van der Waals surface area contributed by atoms with Gasteiger partial charge in [-0.25, -0.2) is 0 Å². The molecule has 37 heavy (non-hydrogen) atoms. The number of nitrogens with zero attached hydrogens (tertiary/aromatic N) is 1. The predicted molar refractivity (Wildman–Crippen MR) is 140 cm³/mol. The summed E-state index contributed by atoms with van der Waals surface area (Å²) >= 11 is 6.77. The van der Waals surface area contributed by atoms with Crippen LogP contribution in [0.25, 0.3) is 11.1 Å². The summed E-state index contributed by atoms with van der Waals surface area (Å²) in [5.41, 5.74) is 4.36. The van der Waals surface area contributed by atoms with Crippen LogP contribution in [0.1, 0.15) is 27.0 Å². The minimum Gasteiger partial charge on any atom is -0.489 e. The molecular formula is C30H22ClNO5. The highest BCUT2D eigenvalue weighted by Crippen LogP contribution is 2.38. The van der Waals surface area contributed by atoms with E-state index in [1.54, 1.807) is 36.4 Å². The van der Waals surface area contributed by atoms with E-state index in [1.807, 2.05) is 42.5 Å². The van der Waals surface area contributed by atoms with Crippen LogP contribution >= 0.6 is 11.6 Å². The average molecular weight is 512 g/mol. The van der Waals surface area contributed by atoms with Crippen LogP contribution in [0.5, 0.6) is 23.0 Å². The third kappa shape index (κ3) is 5.53. The quantitative estimate of drug-likeness (QED) is 0.247. The first-order chi connectivity index (χ1) is 18.1. The van der Waals surface area contributed by atoms with E-state index in [0.717, 1.165) is 34.3 Å². The molecule has 0 aromatic heterocycles. The second kappa shape index (κ2) is 11.1. The number of halogens is 1. The van der Waals surface area contributed by atoms with Gasteiger partial charge in [0.25, 0.3) is 0 Å². The Morgan fingerprint density at radius 3 is 2.57 bits per heavy atom. The van der Waals surface area contributed by atoms with E-state index >= 15 is 0 Å². The van der Waals surface area contributed by atoms with Gasteiger partial charge in [-0.3, -0.25) is 4.79 Å². The lowest BCUT2D eigenvalue weighted by molar-refractivity contribution is 0.111. The summed E-state index contributed by atoms with van der Waals surface area (Å²) < 4.78 is 23.2. The number of rotatable bonds is 8. The van der Waals surface area contributed by atoms with Crippen LogP contribution in [0.15, 0.2) is 78.9 Å². The van der Waals surface area contributed by atoms with E-state index in [9.17, 15) is 4.79 Å². The second-order valence-corrected chi connectivity index (χ2v) is 8.72. The van der Waals surface area contributed by atoms with Gasteiger partial charge in [0, 0.05) is 17.2 Å². The topological polar surface area (TPSA) is 77.8 Å². The maximum atomic E-state index is 11.5. The van der Waals surface area contributed by atoms with E-state index in [-0.39, 0.29) is 13.2 Å². The molecule has 1 aliphatic rings. The standard InChI is InChI=1S/C30H22ClNO5/c31-30-24(5-2-6-26(30)22-8-10-27-29(14-22)35-12-11-34-27)19-36-25-9-7-23(17-33)28(15-25)37-18-21-4-1-3-20(13-21)16-32/h1-10,13-15,17H,11-12,18-19H2. The Morgan fingerprint density at radius 2 is 1.73 bits per heavy atom.